The summed E-state index contributed by atoms with van der Waals surface area (Å²) >= 11 is 0. The zero-order valence-electron chi connectivity index (χ0n) is 17.9. The Morgan fingerprint density at radius 1 is 1.09 bits per heavy atom. The number of alkyl halides is 3. The van der Waals surface area contributed by atoms with Crippen molar-refractivity contribution in [3.63, 3.8) is 0 Å². The molecule has 0 aromatic heterocycles. The number of aliphatic carboxylic acids is 2. The van der Waals surface area contributed by atoms with Crippen molar-refractivity contribution in [1.29, 1.82) is 0 Å². The van der Waals surface area contributed by atoms with Crippen LogP contribution >= 0.6 is 0 Å². The first-order chi connectivity index (χ1) is 15.6. The number of nitrogens with zero attached hydrogens (tertiary/aromatic N) is 1. The number of unbranched alkanes of at least 4 members (excludes halogenated alkanes) is 1. The minimum Gasteiger partial charge on any atom is -0.478 e. The second-order valence-corrected chi connectivity index (χ2v) is 6.81. The molecule has 0 aliphatic carbocycles. The van der Waals surface area contributed by atoms with Crippen LogP contribution in [0.2, 0.25) is 0 Å². The Balaban J connectivity index is 2.63. The van der Waals surface area contributed by atoms with Crippen molar-refractivity contribution in [2.45, 2.75) is 25.4 Å². The molecule has 1 aromatic rings. The molecule has 1 rings (SSSR count). The number of carbonyl (C=O) groups is 2. The molecule has 33 heavy (non-hydrogen) atoms. The highest BCUT2D eigenvalue weighted by atomic mass is 19.4. The lowest BCUT2D eigenvalue weighted by atomic mass is 10.0. The van der Waals surface area contributed by atoms with E-state index in [1.165, 1.54) is 12.1 Å². The molecule has 0 aliphatic rings. The van der Waals surface area contributed by atoms with Gasteiger partial charge in [0.05, 0.1) is 23.5 Å². The summed E-state index contributed by atoms with van der Waals surface area (Å²) in [4.78, 5) is 26.8. The highest BCUT2D eigenvalue weighted by molar-refractivity contribution is 6.00. The quantitative estimate of drug-likeness (QED) is 0.123. The average molecular weight is 475 g/mol. The van der Waals surface area contributed by atoms with E-state index in [0.29, 0.717) is 56.2 Å². The number of benzene rings is 1. The number of halogens is 3. The van der Waals surface area contributed by atoms with Gasteiger partial charge in [0.15, 0.2) is 0 Å². The first kappa shape index (κ1) is 28.1. The number of oxime groups is 1. The molecule has 0 amide bonds. The fourth-order valence-electron chi connectivity index (χ4n) is 2.56. The van der Waals surface area contributed by atoms with Gasteiger partial charge in [-0.3, -0.25) is 0 Å². The monoisotopic (exact) mass is 475 g/mol. The zero-order chi connectivity index (χ0) is 24.7. The van der Waals surface area contributed by atoms with E-state index < -0.39 is 23.7 Å². The van der Waals surface area contributed by atoms with Crippen LogP contribution in [0.3, 0.4) is 0 Å². The molecule has 0 radical (unpaired) electrons. The van der Waals surface area contributed by atoms with E-state index in [2.05, 4.69) is 10.5 Å². The number of carboxylic acid groups (broad SMARTS) is 2. The fourth-order valence-corrected chi connectivity index (χ4v) is 2.56. The molecule has 0 spiro atoms. The molecule has 0 unspecified atom stereocenters. The molecule has 0 fully saturated rings. The van der Waals surface area contributed by atoms with Crippen LogP contribution in [0.1, 0.15) is 30.4 Å². The van der Waals surface area contributed by atoms with E-state index in [1.54, 1.807) is 0 Å². The smallest absolute Gasteiger partial charge is 0.416 e. The van der Waals surface area contributed by atoms with Gasteiger partial charge >= 0.3 is 18.1 Å². The summed E-state index contributed by atoms with van der Waals surface area (Å²) in [6.45, 7) is 1.65. The van der Waals surface area contributed by atoms with Crippen LogP contribution in [0, 0.1) is 0 Å². The van der Waals surface area contributed by atoms with Crippen LogP contribution in [0.25, 0.3) is 0 Å². The topological polar surface area (TPSA) is 143 Å². The van der Waals surface area contributed by atoms with E-state index in [0.717, 1.165) is 12.1 Å². The molecule has 5 N–H and O–H groups in total. The predicted octanol–water partition coefficient (Wildman–Crippen LogP) is 2.26. The number of hydrogen-bond acceptors (Lipinski definition) is 7. The molecule has 0 aliphatic heterocycles. The minimum absolute atomic E-state index is 0.161. The van der Waals surface area contributed by atoms with Gasteiger partial charge < -0.3 is 30.8 Å². The fraction of sp³-hybridized carbons (Fsp3) is 0.476. The van der Waals surface area contributed by atoms with Crippen LogP contribution in [-0.2, 0) is 25.3 Å². The first-order valence-electron chi connectivity index (χ1n) is 10.2. The minimum atomic E-state index is -4.44. The number of hydrogen-bond donors (Lipinski definition) is 4. The van der Waals surface area contributed by atoms with Crippen molar-refractivity contribution >= 4 is 17.7 Å². The summed E-state index contributed by atoms with van der Waals surface area (Å²) in [5.41, 5.74) is 5.16. The number of ether oxygens (including phenoxy) is 1. The third kappa shape index (κ3) is 12.0. The van der Waals surface area contributed by atoms with Crippen LogP contribution in [-0.4, -0.2) is 67.3 Å². The van der Waals surface area contributed by atoms with Crippen molar-refractivity contribution in [3.8, 4) is 0 Å². The van der Waals surface area contributed by atoms with Crippen molar-refractivity contribution in [1.82, 2.24) is 5.32 Å². The Morgan fingerprint density at radius 3 is 2.36 bits per heavy atom. The predicted molar refractivity (Wildman–Crippen MR) is 114 cm³/mol. The maximum absolute atomic E-state index is 12.8. The van der Waals surface area contributed by atoms with Crippen molar-refractivity contribution in [2.24, 2.45) is 10.9 Å². The van der Waals surface area contributed by atoms with Gasteiger partial charge in [0, 0.05) is 32.3 Å². The molecule has 0 bridgehead atoms. The molecule has 0 saturated carbocycles. The second-order valence-electron chi connectivity index (χ2n) is 6.81. The maximum atomic E-state index is 12.8. The zero-order valence-corrected chi connectivity index (χ0v) is 17.9. The van der Waals surface area contributed by atoms with Gasteiger partial charge in [-0.05, 0) is 37.0 Å². The number of carboxylic acids is 2. The van der Waals surface area contributed by atoms with Crippen LogP contribution in [0.5, 0.6) is 0 Å². The first-order valence-corrected chi connectivity index (χ1v) is 10.2. The molecule has 0 saturated heterocycles. The lowest BCUT2D eigenvalue weighted by Gasteiger charge is -2.10. The number of nitrogens with one attached hydrogen (secondary N) is 1. The van der Waals surface area contributed by atoms with Gasteiger partial charge in [-0.25, -0.2) is 9.59 Å². The van der Waals surface area contributed by atoms with Crippen molar-refractivity contribution in [2.75, 3.05) is 39.5 Å². The summed E-state index contributed by atoms with van der Waals surface area (Å²) in [6.07, 6.45) is -2.49. The van der Waals surface area contributed by atoms with Gasteiger partial charge in [0.25, 0.3) is 0 Å². The number of nitrogens with two attached hydrogens (primary N) is 1. The van der Waals surface area contributed by atoms with Gasteiger partial charge in [-0.2, -0.15) is 13.2 Å². The molecule has 0 heterocycles. The maximum Gasteiger partial charge on any atom is 0.416 e. The Bertz CT molecular complexity index is 810. The Labute approximate surface area is 189 Å². The summed E-state index contributed by atoms with van der Waals surface area (Å²) < 4.78 is 43.6. The standard InChI is InChI=1S/C21H28F3N3O6/c22-21(23,24)17-6-4-15(5-7-17)18(27-33-12-10-26-9-8-25)3-1-2-11-32-14-16(20(30)31)13-19(28)29/h4-7,13,26H,1-3,8-12,14,25H2,(H,28,29)(H,30,31). The van der Waals surface area contributed by atoms with Crippen molar-refractivity contribution < 1.29 is 42.5 Å². The highest BCUT2D eigenvalue weighted by Crippen LogP contribution is 2.29. The summed E-state index contributed by atoms with van der Waals surface area (Å²) in [7, 11) is 0. The van der Waals surface area contributed by atoms with E-state index in [4.69, 9.17) is 25.5 Å². The van der Waals surface area contributed by atoms with Gasteiger partial charge in [-0.1, -0.05) is 17.3 Å². The molecule has 1 aromatic carbocycles. The second kappa shape index (κ2) is 15.0. The van der Waals surface area contributed by atoms with E-state index in [-0.39, 0.29) is 25.4 Å². The summed E-state index contributed by atoms with van der Waals surface area (Å²) in [5, 5.41) is 24.6. The summed E-state index contributed by atoms with van der Waals surface area (Å²) in [6, 6.07) is 4.59. The van der Waals surface area contributed by atoms with Crippen LogP contribution < -0.4 is 11.1 Å². The van der Waals surface area contributed by atoms with Gasteiger partial charge in [0.1, 0.15) is 6.61 Å². The Hall–Kier alpha value is -2.96. The number of rotatable bonds is 16. The SMILES string of the molecule is NCCNCCON=C(CCCCOCC(=CC(=O)O)C(=O)O)c1ccc(C(F)(F)F)cc1. The van der Waals surface area contributed by atoms with Crippen molar-refractivity contribution in [3.05, 3.63) is 47.0 Å². The molecular formula is C21H28F3N3O6. The summed E-state index contributed by atoms with van der Waals surface area (Å²) in [5.74, 6) is -2.76. The van der Waals surface area contributed by atoms with E-state index in [1.807, 2.05) is 0 Å². The van der Waals surface area contributed by atoms with Crippen LogP contribution in [0.15, 0.2) is 41.1 Å². The third-order valence-electron chi connectivity index (χ3n) is 4.19. The average Bonchev–Trinajstić information content (AvgIpc) is 2.75. The molecule has 12 heteroatoms. The molecular weight excluding hydrogens is 447 g/mol. The largest absolute Gasteiger partial charge is 0.478 e. The Morgan fingerprint density at radius 2 is 1.79 bits per heavy atom. The third-order valence-corrected chi connectivity index (χ3v) is 4.19. The normalized spacial score (nSPS) is 12.6. The van der Waals surface area contributed by atoms with Gasteiger partial charge in [0.2, 0.25) is 0 Å². The lowest BCUT2D eigenvalue weighted by Crippen LogP contribution is -2.25. The molecule has 0 atom stereocenters. The van der Waals surface area contributed by atoms with E-state index >= 15 is 0 Å². The van der Waals surface area contributed by atoms with Gasteiger partial charge in [-0.15, -0.1) is 0 Å². The van der Waals surface area contributed by atoms with E-state index in [9.17, 15) is 22.8 Å². The molecule has 184 valence electrons. The highest BCUT2D eigenvalue weighted by Gasteiger charge is 2.30. The lowest BCUT2D eigenvalue weighted by molar-refractivity contribution is -0.137. The van der Waals surface area contributed by atoms with Crippen LogP contribution in [0.4, 0.5) is 13.2 Å². The molecule has 9 nitrogen and oxygen atoms in total. The Kier molecular flexibility index (Phi) is 12.7.